The molecule has 0 spiro atoms. The van der Waals surface area contributed by atoms with Crippen LogP contribution >= 0.6 is 15.9 Å². The highest BCUT2D eigenvalue weighted by atomic mass is 79.9. The van der Waals surface area contributed by atoms with Crippen molar-refractivity contribution in [2.45, 2.75) is 31.0 Å². The molecular weight excluding hydrogens is 254 g/mol. The zero-order valence-electron chi connectivity index (χ0n) is 9.62. The lowest BCUT2D eigenvalue weighted by atomic mass is 9.93. The van der Waals surface area contributed by atoms with E-state index in [0.29, 0.717) is 4.83 Å². The van der Waals surface area contributed by atoms with Crippen LogP contribution in [-0.2, 0) is 4.74 Å². The Morgan fingerprint density at radius 2 is 2.07 bits per heavy atom. The van der Waals surface area contributed by atoms with Crippen molar-refractivity contribution in [3.63, 3.8) is 0 Å². The Morgan fingerprint density at radius 1 is 1.33 bits per heavy atom. The molecule has 2 atom stereocenters. The van der Waals surface area contributed by atoms with Crippen LogP contribution in [0.3, 0.4) is 0 Å². The number of rotatable bonds is 3. The molecule has 0 N–H and O–H groups in total. The van der Waals surface area contributed by atoms with E-state index in [2.05, 4.69) is 27.8 Å². The van der Waals surface area contributed by atoms with Crippen molar-refractivity contribution in [1.82, 2.24) is 4.90 Å². The molecule has 0 saturated carbocycles. The summed E-state index contributed by atoms with van der Waals surface area (Å²) in [4.78, 5) is 3.32. The number of alkyl halides is 1. The highest BCUT2D eigenvalue weighted by molar-refractivity contribution is 9.09. The lowest BCUT2D eigenvalue weighted by Crippen LogP contribution is -2.38. The highest BCUT2D eigenvalue weighted by Crippen LogP contribution is 2.26. The Hall–Kier alpha value is 0.400. The Kier molecular flexibility index (Phi) is 4.47. The van der Waals surface area contributed by atoms with Gasteiger partial charge in [0.05, 0.1) is 6.61 Å². The van der Waals surface area contributed by atoms with Crippen LogP contribution in [0.5, 0.6) is 0 Å². The lowest BCUT2D eigenvalue weighted by Gasteiger charge is -2.34. The quantitative estimate of drug-likeness (QED) is 0.734. The largest absolute Gasteiger partial charge is 0.381 e. The van der Waals surface area contributed by atoms with Gasteiger partial charge >= 0.3 is 0 Å². The molecule has 2 saturated heterocycles. The van der Waals surface area contributed by atoms with Crippen molar-refractivity contribution in [3.8, 4) is 0 Å². The van der Waals surface area contributed by atoms with Crippen molar-refractivity contribution < 1.29 is 4.74 Å². The van der Waals surface area contributed by atoms with E-state index in [1.54, 1.807) is 0 Å². The fourth-order valence-electron chi connectivity index (χ4n) is 2.69. The number of likely N-dealkylation sites (tertiary alicyclic amines) is 1. The van der Waals surface area contributed by atoms with Crippen molar-refractivity contribution in [1.29, 1.82) is 0 Å². The molecule has 0 aromatic rings. The molecule has 3 heteroatoms. The first-order valence-electron chi connectivity index (χ1n) is 6.20. The van der Waals surface area contributed by atoms with Crippen molar-refractivity contribution in [3.05, 3.63) is 0 Å². The summed E-state index contributed by atoms with van der Waals surface area (Å²) in [5, 5.41) is 0. The Bertz CT molecular complexity index is 184. The molecule has 0 aliphatic carbocycles. The first kappa shape index (κ1) is 11.9. The molecule has 2 fully saturated rings. The number of halogens is 1. The van der Waals surface area contributed by atoms with Gasteiger partial charge in [-0.05, 0) is 44.2 Å². The van der Waals surface area contributed by atoms with E-state index in [1.165, 1.54) is 38.9 Å². The fraction of sp³-hybridized carbons (Fsp3) is 1.00. The van der Waals surface area contributed by atoms with Gasteiger partial charge in [-0.15, -0.1) is 0 Å². The van der Waals surface area contributed by atoms with Gasteiger partial charge in [-0.2, -0.15) is 0 Å². The maximum atomic E-state index is 5.42. The molecule has 2 unspecified atom stereocenters. The fourth-order valence-corrected chi connectivity index (χ4v) is 3.22. The van der Waals surface area contributed by atoms with Gasteiger partial charge in [0.15, 0.2) is 0 Å². The van der Waals surface area contributed by atoms with Gasteiger partial charge in [0.25, 0.3) is 0 Å². The Balaban J connectivity index is 1.68. The molecule has 2 nitrogen and oxygen atoms in total. The average molecular weight is 276 g/mol. The molecule has 2 aliphatic rings. The van der Waals surface area contributed by atoms with E-state index in [-0.39, 0.29) is 0 Å². The first-order chi connectivity index (χ1) is 7.25. The van der Waals surface area contributed by atoms with Gasteiger partial charge in [0, 0.05) is 18.0 Å². The SMILES string of the molecule is CC(Br)C1CCN(CC2CCOC2)CC1. The predicted octanol–water partition coefficient (Wildman–Crippen LogP) is 2.52. The Morgan fingerprint density at radius 3 is 2.60 bits per heavy atom. The monoisotopic (exact) mass is 275 g/mol. The molecule has 0 aromatic heterocycles. The molecule has 0 bridgehead atoms. The minimum Gasteiger partial charge on any atom is -0.381 e. The number of ether oxygens (including phenoxy) is 1. The summed E-state index contributed by atoms with van der Waals surface area (Å²) in [5.74, 6) is 1.70. The van der Waals surface area contributed by atoms with Crippen LogP contribution in [-0.4, -0.2) is 42.6 Å². The minimum absolute atomic E-state index is 0.689. The van der Waals surface area contributed by atoms with Crippen LogP contribution in [0.4, 0.5) is 0 Å². The van der Waals surface area contributed by atoms with Crippen LogP contribution in [0.15, 0.2) is 0 Å². The number of hydrogen-bond donors (Lipinski definition) is 0. The number of hydrogen-bond acceptors (Lipinski definition) is 2. The van der Waals surface area contributed by atoms with Crippen LogP contribution in [0.25, 0.3) is 0 Å². The van der Waals surface area contributed by atoms with Crippen molar-refractivity contribution >= 4 is 15.9 Å². The van der Waals surface area contributed by atoms with E-state index in [9.17, 15) is 0 Å². The average Bonchev–Trinajstić information content (AvgIpc) is 2.71. The molecule has 2 rings (SSSR count). The molecule has 15 heavy (non-hydrogen) atoms. The topological polar surface area (TPSA) is 12.5 Å². The molecular formula is C12H22BrNO. The van der Waals surface area contributed by atoms with Gasteiger partial charge in [0.1, 0.15) is 0 Å². The van der Waals surface area contributed by atoms with Crippen LogP contribution in [0.2, 0.25) is 0 Å². The number of piperidine rings is 1. The number of nitrogens with zero attached hydrogens (tertiary/aromatic N) is 1. The normalized spacial score (nSPS) is 32.0. The first-order valence-corrected chi connectivity index (χ1v) is 7.11. The summed E-state index contributed by atoms with van der Waals surface area (Å²) in [6.07, 6.45) is 3.99. The van der Waals surface area contributed by atoms with Gasteiger partial charge in [0.2, 0.25) is 0 Å². The maximum absolute atomic E-state index is 5.42. The molecule has 2 aliphatic heterocycles. The summed E-state index contributed by atoms with van der Waals surface area (Å²) in [6.45, 7) is 8.11. The second-order valence-electron chi connectivity index (χ2n) is 5.05. The summed E-state index contributed by atoms with van der Waals surface area (Å²) < 4.78 is 5.42. The predicted molar refractivity (Wildman–Crippen MR) is 66.5 cm³/mol. The van der Waals surface area contributed by atoms with E-state index >= 15 is 0 Å². The maximum Gasteiger partial charge on any atom is 0.0507 e. The third-order valence-corrected chi connectivity index (χ3v) is 4.57. The summed E-state index contributed by atoms with van der Waals surface area (Å²) >= 11 is 3.71. The zero-order valence-corrected chi connectivity index (χ0v) is 11.2. The second kappa shape index (κ2) is 5.65. The molecule has 0 aromatic carbocycles. The van der Waals surface area contributed by atoms with E-state index in [0.717, 1.165) is 25.0 Å². The van der Waals surface area contributed by atoms with Crippen LogP contribution in [0, 0.1) is 11.8 Å². The summed E-state index contributed by atoms with van der Waals surface area (Å²) in [5.41, 5.74) is 0. The van der Waals surface area contributed by atoms with E-state index in [1.807, 2.05) is 0 Å². The summed E-state index contributed by atoms with van der Waals surface area (Å²) in [6, 6.07) is 0. The lowest BCUT2D eigenvalue weighted by molar-refractivity contribution is 0.141. The van der Waals surface area contributed by atoms with Gasteiger partial charge < -0.3 is 9.64 Å². The van der Waals surface area contributed by atoms with Gasteiger partial charge in [-0.3, -0.25) is 0 Å². The zero-order chi connectivity index (χ0) is 10.7. The van der Waals surface area contributed by atoms with Crippen LogP contribution in [0.1, 0.15) is 26.2 Å². The molecule has 88 valence electrons. The third-order valence-electron chi connectivity index (χ3n) is 3.82. The molecule has 0 amide bonds. The van der Waals surface area contributed by atoms with E-state index < -0.39 is 0 Å². The molecule has 2 heterocycles. The van der Waals surface area contributed by atoms with Crippen molar-refractivity contribution in [2.24, 2.45) is 11.8 Å². The third kappa shape index (κ3) is 3.43. The smallest absolute Gasteiger partial charge is 0.0507 e. The Labute approximate surface area is 101 Å². The van der Waals surface area contributed by atoms with Gasteiger partial charge in [-0.1, -0.05) is 22.9 Å². The minimum atomic E-state index is 0.689. The molecule has 0 radical (unpaired) electrons. The van der Waals surface area contributed by atoms with Gasteiger partial charge in [-0.25, -0.2) is 0 Å². The van der Waals surface area contributed by atoms with Crippen LogP contribution < -0.4 is 0 Å². The van der Waals surface area contributed by atoms with Crippen molar-refractivity contribution in [2.75, 3.05) is 32.8 Å². The standard InChI is InChI=1S/C12H22BrNO/c1-10(13)12-2-5-14(6-3-12)8-11-4-7-15-9-11/h10-12H,2-9H2,1H3. The second-order valence-corrected chi connectivity index (χ2v) is 6.49. The summed E-state index contributed by atoms with van der Waals surface area (Å²) in [7, 11) is 0. The van der Waals surface area contributed by atoms with E-state index in [4.69, 9.17) is 4.74 Å². The highest BCUT2D eigenvalue weighted by Gasteiger charge is 2.25.